The maximum atomic E-state index is 13.3. The summed E-state index contributed by atoms with van der Waals surface area (Å²) in [5, 5.41) is 0. The van der Waals surface area contributed by atoms with Crippen LogP contribution in [0.25, 0.3) is 0 Å². The quantitative estimate of drug-likeness (QED) is 0.752. The lowest BCUT2D eigenvalue weighted by Gasteiger charge is -2.35. The molecule has 1 saturated heterocycles. The van der Waals surface area contributed by atoms with Gasteiger partial charge in [-0.3, -0.25) is 9.69 Å². The van der Waals surface area contributed by atoms with Gasteiger partial charge in [-0.2, -0.15) is 0 Å². The van der Waals surface area contributed by atoms with E-state index in [0.29, 0.717) is 24.0 Å². The third kappa shape index (κ3) is 3.84. The zero-order valence-corrected chi connectivity index (χ0v) is 17.6. The van der Waals surface area contributed by atoms with Gasteiger partial charge in [0.05, 0.1) is 26.7 Å². The number of hydrogen-bond acceptors (Lipinski definition) is 4. The topological polar surface area (TPSA) is 42.0 Å². The zero-order chi connectivity index (χ0) is 20.4. The molecule has 1 fully saturated rings. The van der Waals surface area contributed by atoms with E-state index in [1.807, 2.05) is 30.1 Å². The van der Waals surface area contributed by atoms with Crippen LogP contribution < -0.4 is 9.47 Å². The van der Waals surface area contributed by atoms with Crippen molar-refractivity contribution >= 4 is 5.91 Å². The molecule has 2 aromatic rings. The van der Waals surface area contributed by atoms with Crippen LogP contribution in [0.1, 0.15) is 35.6 Å². The van der Waals surface area contributed by atoms with Crippen molar-refractivity contribution in [1.82, 2.24) is 9.80 Å². The number of nitrogens with zero attached hydrogens (tertiary/aromatic N) is 2. The molecule has 0 unspecified atom stereocenters. The Labute approximate surface area is 173 Å². The lowest BCUT2D eigenvalue weighted by Crippen LogP contribution is -2.44. The SMILES string of the molecule is COc1ccc(CC(=O)N(C)[C@@H]2c3ccccc3C[C@H]2N2CCCC2)cc1OC. The maximum Gasteiger partial charge on any atom is 0.227 e. The second-order valence-corrected chi connectivity index (χ2v) is 8.03. The van der Waals surface area contributed by atoms with E-state index in [0.717, 1.165) is 25.1 Å². The van der Waals surface area contributed by atoms with E-state index in [9.17, 15) is 4.79 Å². The molecule has 2 aromatic carbocycles. The molecule has 1 amide bonds. The highest BCUT2D eigenvalue weighted by Gasteiger charge is 2.40. The van der Waals surface area contributed by atoms with Crippen LogP contribution in [0.5, 0.6) is 11.5 Å². The number of methoxy groups -OCH3 is 2. The predicted molar refractivity (Wildman–Crippen MR) is 114 cm³/mol. The Morgan fingerprint density at radius 2 is 1.79 bits per heavy atom. The molecule has 2 atom stereocenters. The van der Waals surface area contributed by atoms with Gasteiger partial charge < -0.3 is 14.4 Å². The largest absolute Gasteiger partial charge is 0.493 e. The third-order valence-electron chi connectivity index (χ3n) is 6.39. The molecular formula is C24H30N2O3. The third-order valence-corrected chi connectivity index (χ3v) is 6.39. The van der Waals surface area contributed by atoms with Crippen molar-refractivity contribution < 1.29 is 14.3 Å². The molecule has 0 bridgehead atoms. The number of fused-ring (bicyclic) bond motifs is 1. The summed E-state index contributed by atoms with van der Waals surface area (Å²) in [6.45, 7) is 2.26. The van der Waals surface area contributed by atoms with E-state index in [2.05, 4.69) is 29.2 Å². The highest BCUT2D eigenvalue weighted by Crippen LogP contribution is 2.39. The summed E-state index contributed by atoms with van der Waals surface area (Å²) >= 11 is 0. The highest BCUT2D eigenvalue weighted by molar-refractivity contribution is 5.79. The molecule has 5 nitrogen and oxygen atoms in total. The molecule has 0 saturated carbocycles. The van der Waals surface area contributed by atoms with Crippen LogP contribution >= 0.6 is 0 Å². The molecule has 0 aromatic heterocycles. The lowest BCUT2D eigenvalue weighted by atomic mass is 10.0. The van der Waals surface area contributed by atoms with Gasteiger partial charge in [-0.25, -0.2) is 0 Å². The zero-order valence-electron chi connectivity index (χ0n) is 17.6. The van der Waals surface area contributed by atoms with Crippen LogP contribution in [-0.4, -0.2) is 56.1 Å². The minimum absolute atomic E-state index is 0.108. The van der Waals surface area contributed by atoms with Crippen molar-refractivity contribution in [2.75, 3.05) is 34.4 Å². The van der Waals surface area contributed by atoms with Gasteiger partial charge in [-0.05, 0) is 61.2 Å². The predicted octanol–water partition coefficient (Wildman–Crippen LogP) is 3.47. The van der Waals surface area contributed by atoms with Crippen LogP contribution in [0.3, 0.4) is 0 Å². The molecule has 0 N–H and O–H groups in total. The molecule has 1 heterocycles. The first-order valence-corrected chi connectivity index (χ1v) is 10.4. The molecule has 0 spiro atoms. The highest BCUT2D eigenvalue weighted by atomic mass is 16.5. The summed E-state index contributed by atoms with van der Waals surface area (Å²) in [6.07, 6.45) is 3.88. The number of likely N-dealkylation sites (tertiary alicyclic amines) is 1. The van der Waals surface area contributed by atoms with Crippen molar-refractivity contribution in [3.8, 4) is 11.5 Å². The number of ether oxygens (including phenoxy) is 2. The Kier molecular flexibility index (Phi) is 5.76. The summed E-state index contributed by atoms with van der Waals surface area (Å²) in [5.41, 5.74) is 3.61. The molecule has 1 aliphatic heterocycles. The van der Waals surface area contributed by atoms with E-state index in [-0.39, 0.29) is 11.9 Å². The summed E-state index contributed by atoms with van der Waals surface area (Å²) in [7, 11) is 5.19. The van der Waals surface area contributed by atoms with Gasteiger partial charge in [0.2, 0.25) is 5.91 Å². The van der Waals surface area contributed by atoms with Gasteiger partial charge in [0.25, 0.3) is 0 Å². The number of hydrogen-bond donors (Lipinski definition) is 0. The Balaban J connectivity index is 1.56. The first kappa shape index (κ1) is 19.8. The lowest BCUT2D eigenvalue weighted by molar-refractivity contribution is -0.132. The van der Waals surface area contributed by atoms with Crippen molar-refractivity contribution in [2.24, 2.45) is 0 Å². The van der Waals surface area contributed by atoms with E-state index < -0.39 is 0 Å². The van der Waals surface area contributed by atoms with Crippen LogP contribution in [0, 0.1) is 0 Å². The normalized spacial score (nSPS) is 21.1. The Morgan fingerprint density at radius 1 is 1.07 bits per heavy atom. The fourth-order valence-corrected chi connectivity index (χ4v) is 4.87. The van der Waals surface area contributed by atoms with Crippen molar-refractivity contribution in [3.05, 3.63) is 59.2 Å². The smallest absolute Gasteiger partial charge is 0.227 e. The number of likely N-dealkylation sites (N-methyl/N-ethyl adjacent to an activating group) is 1. The molecule has 154 valence electrons. The van der Waals surface area contributed by atoms with Crippen LogP contribution in [0.4, 0.5) is 0 Å². The number of rotatable bonds is 6. The maximum absolute atomic E-state index is 13.3. The minimum Gasteiger partial charge on any atom is -0.493 e. The number of carbonyl (C=O) groups is 1. The van der Waals surface area contributed by atoms with Gasteiger partial charge in [-0.15, -0.1) is 0 Å². The Hall–Kier alpha value is -2.53. The molecule has 4 rings (SSSR count). The van der Waals surface area contributed by atoms with E-state index >= 15 is 0 Å². The summed E-state index contributed by atoms with van der Waals surface area (Å²) in [4.78, 5) is 17.8. The second kappa shape index (κ2) is 8.46. The number of amides is 1. The monoisotopic (exact) mass is 394 g/mol. The van der Waals surface area contributed by atoms with Gasteiger partial charge >= 0.3 is 0 Å². The van der Waals surface area contributed by atoms with Crippen LogP contribution in [-0.2, 0) is 17.6 Å². The first-order chi connectivity index (χ1) is 14.1. The average Bonchev–Trinajstić information content (AvgIpc) is 3.40. The Bertz CT molecular complexity index is 876. The average molecular weight is 395 g/mol. The molecule has 29 heavy (non-hydrogen) atoms. The van der Waals surface area contributed by atoms with Crippen molar-refractivity contribution in [1.29, 1.82) is 0 Å². The van der Waals surface area contributed by atoms with E-state index in [4.69, 9.17) is 9.47 Å². The van der Waals surface area contributed by atoms with Crippen LogP contribution in [0.15, 0.2) is 42.5 Å². The van der Waals surface area contributed by atoms with Gasteiger partial charge in [0.15, 0.2) is 11.5 Å². The second-order valence-electron chi connectivity index (χ2n) is 8.03. The van der Waals surface area contributed by atoms with Gasteiger partial charge in [0, 0.05) is 13.1 Å². The molecule has 0 radical (unpaired) electrons. The number of benzene rings is 2. The minimum atomic E-state index is 0.108. The van der Waals surface area contributed by atoms with Crippen molar-refractivity contribution in [3.63, 3.8) is 0 Å². The molecule has 2 aliphatic rings. The van der Waals surface area contributed by atoms with Crippen LogP contribution in [0.2, 0.25) is 0 Å². The standard InChI is InChI=1S/C24H30N2O3/c1-25(23(27)15-17-10-11-21(28-2)22(14-17)29-3)24-19-9-5-4-8-18(19)16-20(24)26-12-6-7-13-26/h4-5,8-11,14,20,24H,6-7,12-13,15-16H2,1-3H3/t20-,24-/m1/s1. The van der Waals surface area contributed by atoms with Crippen molar-refractivity contribution in [2.45, 2.75) is 37.8 Å². The number of carbonyl (C=O) groups excluding carboxylic acids is 1. The van der Waals surface area contributed by atoms with Gasteiger partial charge in [-0.1, -0.05) is 30.3 Å². The summed E-state index contributed by atoms with van der Waals surface area (Å²) < 4.78 is 10.7. The van der Waals surface area contributed by atoms with Gasteiger partial charge in [0.1, 0.15) is 0 Å². The Morgan fingerprint density at radius 3 is 2.52 bits per heavy atom. The summed E-state index contributed by atoms with van der Waals surface area (Å²) in [6, 6.07) is 14.8. The molecular weight excluding hydrogens is 364 g/mol. The fraction of sp³-hybridized carbons (Fsp3) is 0.458. The molecule has 1 aliphatic carbocycles. The first-order valence-electron chi connectivity index (χ1n) is 10.4. The summed E-state index contributed by atoms with van der Waals surface area (Å²) in [5.74, 6) is 1.46. The van der Waals surface area contributed by atoms with E-state index in [1.54, 1.807) is 14.2 Å². The fourth-order valence-electron chi connectivity index (χ4n) is 4.87. The van der Waals surface area contributed by atoms with E-state index in [1.165, 1.54) is 24.0 Å². The molecule has 5 heteroatoms.